The molecule has 3 rings (SSSR count). The lowest BCUT2D eigenvalue weighted by Gasteiger charge is -2.45. The highest BCUT2D eigenvalue weighted by Gasteiger charge is 2.42. The molecular weight excluding hydrogens is 314 g/mol. The van der Waals surface area contributed by atoms with Crippen molar-refractivity contribution in [3.8, 4) is 0 Å². The SMILES string of the molecule is CCCNC1CC(C)(C)[C@H](n2cncc2C(=O)OC)c2ccccc21. The third-order valence-corrected chi connectivity index (χ3v) is 5.12. The van der Waals surface area contributed by atoms with Crippen LogP contribution in [-0.2, 0) is 4.74 Å². The van der Waals surface area contributed by atoms with E-state index >= 15 is 0 Å². The Labute approximate surface area is 149 Å². The summed E-state index contributed by atoms with van der Waals surface area (Å²) in [6.45, 7) is 7.70. The van der Waals surface area contributed by atoms with Crippen LogP contribution in [0.25, 0.3) is 0 Å². The van der Waals surface area contributed by atoms with Crippen molar-refractivity contribution < 1.29 is 9.53 Å². The highest BCUT2D eigenvalue weighted by molar-refractivity contribution is 5.87. The summed E-state index contributed by atoms with van der Waals surface area (Å²) in [7, 11) is 1.41. The Morgan fingerprint density at radius 3 is 2.76 bits per heavy atom. The van der Waals surface area contributed by atoms with Crippen LogP contribution in [0.15, 0.2) is 36.8 Å². The molecule has 0 saturated carbocycles. The fourth-order valence-electron chi connectivity index (χ4n) is 4.05. The number of methoxy groups -OCH3 is 1. The molecule has 1 aromatic carbocycles. The van der Waals surface area contributed by atoms with Crippen LogP contribution in [0.3, 0.4) is 0 Å². The van der Waals surface area contributed by atoms with E-state index in [9.17, 15) is 4.79 Å². The number of benzene rings is 1. The molecule has 1 aliphatic carbocycles. The average Bonchev–Trinajstić information content (AvgIpc) is 3.07. The number of aromatic nitrogens is 2. The van der Waals surface area contributed by atoms with E-state index in [1.165, 1.54) is 18.2 Å². The maximum Gasteiger partial charge on any atom is 0.356 e. The fourth-order valence-corrected chi connectivity index (χ4v) is 4.05. The maximum atomic E-state index is 12.2. The minimum Gasteiger partial charge on any atom is -0.464 e. The summed E-state index contributed by atoms with van der Waals surface area (Å²) in [6, 6.07) is 8.89. The van der Waals surface area contributed by atoms with Crippen molar-refractivity contribution in [1.82, 2.24) is 14.9 Å². The molecule has 134 valence electrons. The van der Waals surface area contributed by atoms with Gasteiger partial charge in [0, 0.05) is 6.04 Å². The van der Waals surface area contributed by atoms with Crippen molar-refractivity contribution in [2.45, 2.75) is 45.7 Å². The zero-order valence-corrected chi connectivity index (χ0v) is 15.5. The van der Waals surface area contributed by atoms with Crippen LogP contribution in [0.4, 0.5) is 0 Å². The van der Waals surface area contributed by atoms with Gasteiger partial charge in [-0.1, -0.05) is 45.0 Å². The van der Waals surface area contributed by atoms with Gasteiger partial charge in [0.05, 0.1) is 25.7 Å². The van der Waals surface area contributed by atoms with Crippen molar-refractivity contribution in [3.63, 3.8) is 0 Å². The molecule has 0 radical (unpaired) electrons. The number of hydrogen-bond donors (Lipinski definition) is 1. The summed E-state index contributed by atoms with van der Waals surface area (Å²) in [5.74, 6) is -0.350. The van der Waals surface area contributed by atoms with Crippen LogP contribution in [0.1, 0.15) is 67.3 Å². The Morgan fingerprint density at radius 2 is 2.08 bits per heavy atom. The van der Waals surface area contributed by atoms with Crippen LogP contribution >= 0.6 is 0 Å². The first-order valence-corrected chi connectivity index (χ1v) is 8.92. The summed E-state index contributed by atoms with van der Waals surface area (Å²) in [5.41, 5.74) is 3.01. The van der Waals surface area contributed by atoms with Gasteiger partial charge in [0.25, 0.3) is 0 Å². The van der Waals surface area contributed by atoms with Crippen molar-refractivity contribution in [3.05, 3.63) is 53.6 Å². The van der Waals surface area contributed by atoms with E-state index in [1.807, 2.05) is 4.57 Å². The molecule has 1 aromatic heterocycles. The molecule has 5 heteroatoms. The zero-order valence-electron chi connectivity index (χ0n) is 15.5. The van der Waals surface area contributed by atoms with Gasteiger partial charge in [-0.25, -0.2) is 9.78 Å². The van der Waals surface area contributed by atoms with Crippen LogP contribution < -0.4 is 5.32 Å². The molecule has 1 heterocycles. The minimum absolute atomic E-state index is 0.0385. The molecule has 0 bridgehead atoms. The smallest absolute Gasteiger partial charge is 0.356 e. The lowest BCUT2D eigenvalue weighted by atomic mass is 9.68. The molecule has 2 aromatic rings. The highest BCUT2D eigenvalue weighted by Crippen LogP contribution is 2.50. The lowest BCUT2D eigenvalue weighted by molar-refractivity contribution is 0.0579. The molecule has 5 nitrogen and oxygen atoms in total. The largest absolute Gasteiger partial charge is 0.464 e. The Kier molecular flexibility index (Phi) is 4.95. The number of carbonyl (C=O) groups excluding carboxylic acids is 1. The number of imidazole rings is 1. The minimum atomic E-state index is -0.350. The second-order valence-electron chi connectivity index (χ2n) is 7.41. The Balaban J connectivity index is 2.10. The molecule has 0 amide bonds. The third-order valence-electron chi connectivity index (χ3n) is 5.12. The third kappa shape index (κ3) is 3.21. The number of esters is 1. The molecule has 0 saturated heterocycles. The van der Waals surface area contributed by atoms with Gasteiger partial charge in [-0.05, 0) is 35.9 Å². The van der Waals surface area contributed by atoms with Crippen molar-refractivity contribution in [2.75, 3.05) is 13.7 Å². The number of ether oxygens (including phenoxy) is 1. The number of rotatable bonds is 5. The number of hydrogen-bond acceptors (Lipinski definition) is 4. The van der Waals surface area contributed by atoms with E-state index in [2.05, 4.69) is 55.3 Å². The normalized spacial score (nSPS) is 21.6. The standard InChI is InChI=1S/C20H27N3O2/c1-5-10-22-16-11-20(2,3)18(15-9-7-6-8-14(15)16)23-13-21-12-17(23)19(24)25-4/h6-9,12-13,16,18,22H,5,10-11H2,1-4H3/t16?,18-/m1/s1. The number of nitrogens with zero attached hydrogens (tertiary/aromatic N) is 2. The molecule has 0 aliphatic heterocycles. The van der Waals surface area contributed by atoms with Gasteiger partial charge >= 0.3 is 5.97 Å². The van der Waals surface area contributed by atoms with Crippen LogP contribution in [-0.4, -0.2) is 29.2 Å². The molecule has 25 heavy (non-hydrogen) atoms. The predicted molar refractivity (Wildman–Crippen MR) is 97.6 cm³/mol. The van der Waals surface area contributed by atoms with Gasteiger partial charge in [-0.15, -0.1) is 0 Å². The van der Waals surface area contributed by atoms with Crippen molar-refractivity contribution in [1.29, 1.82) is 0 Å². The Morgan fingerprint density at radius 1 is 1.36 bits per heavy atom. The predicted octanol–water partition coefficient (Wildman–Crippen LogP) is 3.73. The van der Waals surface area contributed by atoms with Crippen molar-refractivity contribution >= 4 is 5.97 Å². The monoisotopic (exact) mass is 341 g/mol. The van der Waals surface area contributed by atoms with Gasteiger partial charge in [0.15, 0.2) is 0 Å². The average molecular weight is 341 g/mol. The van der Waals surface area contributed by atoms with Gasteiger partial charge < -0.3 is 14.6 Å². The van der Waals surface area contributed by atoms with E-state index in [-0.39, 0.29) is 17.4 Å². The Hall–Kier alpha value is -2.14. The molecule has 0 spiro atoms. The molecule has 1 aliphatic rings. The first-order valence-electron chi connectivity index (χ1n) is 8.92. The van der Waals surface area contributed by atoms with E-state index in [4.69, 9.17) is 4.74 Å². The van der Waals surface area contributed by atoms with Gasteiger partial charge in [0.2, 0.25) is 0 Å². The molecule has 1 unspecified atom stereocenters. The quantitative estimate of drug-likeness (QED) is 0.842. The second-order valence-corrected chi connectivity index (χ2v) is 7.41. The van der Waals surface area contributed by atoms with Crippen LogP contribution in [0.5, 0.6) is 0 Å². The fraction of sp³-hybridized carbons (Fsp3) is 0.500. The van der Waals surface area contributed by atoms with Gasteiger partial charge in [0.1, 0.15) is 5.69 Å². The highest BCUT2D eigenvalue weighted by atomic mass is 16.5. The number of nitrogens with one attached hydrogen (secondary N) is 1. The summed E-state index contributed by atoms with van der Waals surface area (Å²) in [5, 5.41) is 3.68. The molecule has 2 atom stereocenters. The number of fused-ring (bicyclic) bond motifs is 1. The zero-order chi connectivity index (χ0) is 18.0. The summed E-state index contributed by atoms with van der Waals surface area (Å²) < 4.78 is 6.92. The first-order chi connectivity index (χ1) is 12.0. The van der Waals surface area contributed by atoms with Gasteiger partial charge in [-0.2, -0.15) is 0 Å². The van der Waals surface area contributed by atoms with Crippen LogP contribution in [0.2, 0.25) is 0 Å². The number of carbonyl (C=O) groups is 1. The maximum absolute atomic E-state index is 12.2. The first kappa shape index (κ1) is 17.7. The summed E-state index contributed by atoms with van der Waals surface area (Å²) in [6.07, 6.45) is 5.44. The van der Waals surface area contributed by atoms with E-state index in [0.29, 0.717) is 11.7 Å². The summed E-state index contributed by atoms with van der Waals surface area (Å²) in [4.78, 5) is 16.4. The van der Waals surface area contributed by atoms with Crippen molar-refractivity contribution in [2.24, 2.45) is 5.41 Å². The van der Waals surface area contributed by atoms with E-state index in [1.54, 1.807) is 12.5 Å². The summed E-state index contributed by atoms with van der Waals surface area (Å²) >= 11 is 0. The van der Waals surface area contributed by atoms with Gasteiger partial charge in [-0.3, -0.25) is 0 Å². The lowest BCUT2D eigenvalue weighted by Crippen LogP contribution is -2.40. The van der Waals surface area contributed by atoms with E-state index < -0.39 is 0 Å². The second kappa shape index (κ2) is 7.00. The van der Waals surface area contributed by atoms with Crippen LogP contribution in [0, 0.1) is 5.41 Å². The Bertz CT molecular complexity index is 751. The topological polar surface area (TPSA) is 56.2 Å². The molecule has 1 N–H and O–H groups in total. The van der Waals surface area contributed by atoms with E-state index in [0.717, 1.165) is 19.4 Å². The molecule has 0 fully saturated rings. The molecular formula is C20H27N3O2.